The molecule has 4 heteroatoms. The Morgan fingerprint density at radius 2 is 1.95 bits per heavy atom. The van der Waals surface area contributed by atoms with Gasteiger partial charge in [-0.3, -0.25) is 0 Å². The average Bonchev–Trinajstić information content (AvgIpc) is 2.40. The van der Waals surface area contributed by atoms with Gasteiger partial charge in [0.15, 0.2) is 0 Å². The third kappa shape index (κ3) is 7.41. The van der Waals surface area contributed by atoms with Crippen molar-refractivity contribution in [2.45, 2.75) is 60.3 Å². The lowest BCUT2D eigenvalue weighted by Gasteiger charge is -2.25. The highest BCUT2D eigenvalue weighted by Gasteiger charge is 2.22. The molecule has 0 heterocycles. The highest BCUT2D eigenvalue weighted by molar-refractivity contribution is 5.85. The lowest BCUT2D eigenvalue weighted by molar-refractivity contribution is 0.237. The van der Waals surface area contributed by atoms with Crippen LogP contribution < -0.4 is 5.73 Å². The van der Waals surface area contributed by atoms with Crippen LogP contribution in [0.1, 0.15) is 60.3 Å². The predicted molar refractivity (Wildman–Crippen MR) is 82.6 cm³/mol. The van der Waals surface area contributed by atoms with Gasteiger partial charge in [0.1, 0.15) is 5.84 Å². The largest absolute Gasteiger partial charge is 0.409 e. The summed E-state index contributed by atoms with van der Waals surface area (Å²) < 4.78 is 0. The lowest BCUT2D eigenvalue weighted by atomic mass is 9.86. The van der Waals surface area contributed by atoms with Crippen molar-refractivity contribution in [1.82, 2.24) is 4.90 Å². The fourth-order valence-corrected chi connectivity index (χ4v) is 2.11. The van der Waals surface area contributed by atoms with Gasteiger partial charge in [0.2, 0.25) is 0 Å². The van der Waals surface area contributed by atoms with Gasteiger partial charge in [-0.1, -0.05) is 52.6 Å². The third-order valence-electron chi connectivity index (χ3n) is 4.04. The van der Waals surface area contributed by atoms with Crippen molar-refractivity contribution in [2.24, 2.45) is 22.2 Å². The van der Waals surface area contributed by atoms with Crippen molar-refractivity contribution < 1.29 is 5.21 Å². The number of amidine groups is 1. The Morgan fingerprint density at radius 1 is 1.32 bits per heavy atom. The fourth-order valence-electron chi connectivity index (χ4n) is 2.11. The predicted octanol–water partition coefficient (Wildman–Crippen LogP) is 3.30. The van der Waals surface area contributed by atoms with E-state index in [9.17, 15) is 0 Å². The maximum Gasteiger partial charge on any atom is 0.144 e. The van der Waals surface area contributed by atoms with E-state index in [1.807, 2.05) is 13.8 Å². The number of nitrogens with zero attached hydrogens (tertiary/aromatic N) is 2. The summed E-state index contributed by atoms with van der Waals surface area (Å²) in [6, 6.07) is 0. The molecule has 0 amide bonds. The zero-order chi connectivity index (χ0) is 14.9. The standard InChI is InChI=1S/C15H33N3O/c1-6-13(3)12-18(7-2)11-9-8-10-15(4,5)14(16)17-19/h13,19H,6-12H2,1-5H3,(H2,16,17). The Bertz CT molecular complexity index is 264. The molecule has 0 rings (SSSR count). The van der Waals surface area contributed by atoms with Crippen LogP contribution in [0.3, 0.4) is 0 Å². The highest BCUT2D eigenvalue weighted by atomic mass is 16.4. The van der Waals surface area contributed by atoms with Crippen LogP contribution in [0.4, 0.5) is 0 Å². The lowest BCUT2D eigenvalue weighted by Crippen LogP contribution is -2.32. The summed E-state index contributed by atoms with van der Waals surface area (Å²) in [7, 11) is 0. The zero-order valence-corrected chi connectivity index (χ0v) is 13.4. The minimum absolute atomic E-state index is 0.206. The van der Waals surface area contributed by atoms with Gasteiger partial charge in [-0.05, 0) is 31.8 Å². The summed E-state index contributed by atoms with van der Waals surface area (Å²) in [6.45, 7) is 14.3. The third-order valence-corrected chi connectivity index (χ3v) is 4.04. The average molecular weight is 271 g/mol. The van der Waals surface area contributed by atoms with Gasteiger partial charge in [-0.2, -0.15) is 0 Å². The maximum absolute atomic E-state index is 8.73. The molecule has 19 heavy (non-hydrogen) atoms. The van der Waals surface area contributed by atoms with E-state index in [2.05, 4.69) is 30.8 Å². The van der Waals surface area contributed by atoms with E-state index in [-0.39, 0.29) is 5.41 Å². The topological polar surface area (TPSA) is 61.8 Å². The Morgan fingerprint density at radius 3 is 2.42 bits per heavy atom. The van der Waals surface area contributed by atoms with Crippen LogP contribution in [0.25, 0.3) is 0 Å². The number of hydrogen-bond acceptors (Lipinski definition) is 3. The molecule has 0 radical (unpaired) electrons. The quantitative estimate of drug-likeness (QED) is 0.211. The molecule has 114 valence electrons. The van der Waals surface area contributed by atoms with Gasteiger partial charge in [-0.15, -0.1) is 0 Å². The summed E-state index contributed by atoms with van der Waals surface area (Å²) in [5.41, 5.74) is 5.49. The molecule has 1 atom stereocenters. The molecular weight excluding hydrogens is 238 g/mol. The van der Waals surface area contributed by atoms with Crippen LogP contribution in [-0.2, 0) is 0 Å². The molecule has 0 aliphatic carbocycles. The van der Waals surface area contributed by atoms with E-state index < -0.39 is 0 Å². The monoisotopic (exact) mass is 271 g/mol. The number of oxime groups is 1. The minimum atomic E-state index is -0.206. The van der Waals surface area contributed by atoms with Crippen molar-refractivity contribution in [1.29, 1.82) is 0 Å². The molecule has 0 saturated carbocycles. The van der Waals surface area contributed by atoms with Gasteiger partial charge in [0.05, 0.1) is 0 Å². The van der Waals surface area contributed by atoms with Gasteiger partial charge in [0.25, 0.3) is 0 Å². The van der Waals surface area contributed by atoms with E-state index in [4.69, 9.17) is 10.9 Å². The summed E-state index contributed by atoms with van der Waals surface area (Å²) in [5, 5.41) is 11.9. The number of hydrogen-bond donors (Lipinski definition) is 2. The van der Waals surface area contributed by atoms with Gasteiger partial charge < -0.3 is 15.8 Å². The summed E-state index contributed by atoms with van der Waals surface area (Å²) in [5.74, 6) is 1.10. The molecule has 4 nitrogen and oxygen atoms in total. The summed E-state index contributed by atoms with van der Waals surface area (Å²) in [6.07, 6.45) is 4.49. The molecule has 0 spiro atoms. The second kappa shape index (κ2) is 9.18. The van der Waals surface area contributed by atoms with Crippen molar-refractivity contribution in [3.8, 4) is 0 Å². The van der Waals surface area contributed by atoms with Crippen LogP contribution in [0.2, 0.25) is 0 Å². The van der Waals surface area contributed by atoms with Crippen LogP contribution in [0, 0.1) is 11.3 Å². The first-order valence-electron chi connectivity index (χ1n) is 7.57. The van der Waals surface area contributed by atoms with Gasteiger partial charge in [-0.25, -0.2) is 0 Å². The number of unbranched alkanes of at least 4 members (excludes halogenated alkanes) is 1. The molecule has 0 bridgehead atoms. The molecule has 3 N–H and O–H groups in total. The van der Waals surface area contributed by atoms with Crippen molar-refractivity contribution in [2.75, 3.05) is 19.6 Å². The van der Waals surface area contributed by atoms with Crippen molar-refractivity contribution in [3.63, 3.8) is 0 Å². The van der Waals surface area contributed by atoms with E-state index in [1.165, 1.54) is 19.4 Å². The first kappa shape index (κ1) is 18.2. The molecule has 0 aromatic rings. The zero-order valence-electron chi connectivity index (χ0n) is 13.4. The first-order chi connectivity index (χ1) is 8.87. The van der Waals surface area contributed by atoms with Crippen molar-refractivity contribution >= 4 is 5.84 Å². The van der Waals surface area contributed by atoms with Crippen LogP contribution in [0.5, 0.6) is 0 Å². The SMILES string of the molecule is CCC(C)CN(CC)CCCCC(C)(C)C(N)=NO. The molecule has 0 aromatic carbocycles. The number of rotatable bonds is 10. The summed E-state index contributed by atoms with van der Waals surface area (Å²) in [4.78, 5) is 2.52. The van der Waals surface area contributed by atoms with E-state index in [1.54, 1.807) is 0 Å². The Labute approximate surface area is 119 Å². The molecule has 0 fully saturated rings. The first-order valence-corrected chi connectivity index (χ1v) is 7.57. The van der Waals surface area contributed by atoms with Crippen LogP contribution in [0.15, 0.2) is 5.16 Å². The summed E-state index contributed by atoms with van der Waals surface area (Å²) >= 11 is 0. The smallest absolute Gasteiger partial charge is 0.144 e. The van der Waals surface area contributed by atoms with E-state index in [0.29, 0.717) is 5.84 Å². The minimum Gasteiger partial charge on any atom is -0.409 e. The van der Waals surface area contributed by atoms with Crippen molar-refractivity contribution in [3.05, 3.63) is 0 Å². The second-order valence-corrected chi connectivity index (χ2v) is 6.23. The molecule has 0 aromatic heterocycles. The maximum atomic E-state index is 8.73. The molecule has 1 unspecified atom stereocenters. The van der Waals surface area contributed by atoms with E-state index >= 15 is 0 Å². The van der Waals surface area contributed by atoms with Crippen LogP contribution >= 0.6 is 0 Å². The normalized spacial score (nSPS) is 14.9. The Balaban J connectivity index is 3.95. The Kier molecular flexibility index (Phi) is 8.81. The van der Waals surface area contributed by atoms with Crippen LogP contribution in [-0.4, -0.2) is 35.6 Å². The fraction of sp³-hybridized carbons (Fsp3) is 0.933. The van der Waals surface area contributed by atoms with E-state index in [0.717, 1.165) is 31.8 Å². The number of nitrogens with two attached hydrogens (primary N) is 1. The molecule has 0 aliphatic heterocycles. The molecular formula is C15H33N3O. The second-order valence-electron chi connectivity index (χ2n) is 6.23. The molecule has 0 aliphatic rings. The van der Waals surface area contributed by atoms with Gasteiger partial charge >= 0.3 is 0 Å². The highest BCUT2D eigenvalue weighted by Crippen LogP contribution is 2.23. The van der Waals surface area contributed by atoms with Gasteiger partial charge in [0, 0.05) is 12.0 Å². The Hall–Kier alpha value is -0.770. The molecule has 0 saturated heterocycles.